The molecule has 4 aromatic rings. The number of carbonyl (C=O) groups excluding carboxylic acids is 2. The van der Waals surface area contributed by atoms with Gasteiger partial charge in [0.1, 0.15) is 17.3 Å². The number of hydrogen-bond donors (Lipinski definition) is 1. The van der Waals surface area contributed by atoms with Gasteiger partial charge in [-0.3, -0.25) is 14.5 Å². The quantitative estimate of drug-likeness (QED) is 0.219. The summed E-state index contributed by atoms with van der Waals surface area (Å²) in [4.78, 5) is 33.0. The lowest BCUT2D eigenvalue weighted by atomic mass is 9.95. The topological polar surface area (TPSA) is 89.0 Å². The number of rotatable bonds is 5. The number of thiazole rings is 1. The summed E-state index contributed by atoms with van der Waals surface area (Å²) < 4.78 is 11.5. The summed E-state index contributed by atoms with van der Waals surface area (Å²) >= 11 is 1.34. The van der Waals surface area contributed by atoms with Gasteiger partial charge < -0.3 is 14.6 Å². The molecule has 0 radical (unpaired) electrons. The molecular formula is C28H24N2O5S. The highest BCUT2D eigenvalue weighted by molar-refractivity contribution is 7.22. The van der Waals surface area contributed by atoms with Crippen LogP contribution < -0.4 is 14.4 Å². The second-order valence-corrected chi connectivity index (χ2v) is 9.61. The van der Waals surface area contributed by atoms with Crippen LogP contribution in [0, 0.1) is 13.8 Å². The molecular weight excluding hydrogens is 476 g/mol. The number of ether oxygens (including phenoxy) is 2. The van der Waals surface area contributed by atoms with Crippen molar-refractivity contribution in [3.63, 3.8) is 0 Å². The third kappa shape index (κ3) is 3.89. The molecule has 1 amide bonds. The molecule has 0 unspecified atom stereocenters. The number of fused-ring (bicyclic) bond motifs is 1. The summed E-state index contributed by atoms with van der Waals surface area (Å²) in [5.41, 5.74) is 3.86. The molecule has 7 nitrogen and oxygen atoms in total. The summed E-state index contributed by atoms with van der Waals surface area (Å²) in [5.74, 6) is -0.608. The van der Waals surface area contributed by atoms with E-state index in [-0.39, 0.29) is 11.3 Å². The van der Waals surface area contributed by atoms with E-state index in [1.54, 1.807) is 62.8 Å². The molecule has 0 spiro atoms. The fourth-order valence-corrected chi connectivity index (χ4v) is 5.69. The number of benzene rings is 3. The molecule has 1 saturated heterocycles. The van der Waals surface area contributed by atoms with Crippen molar-refractivity contribution in [1.82, 2.24) is 4.98 Å². The van der Waals surface area contributed by atoms with Gasteiger partial charge in [-0.25, -0.2) is 4.98 Å². The van der Waals surface area contributed by atoms with Gasteiger partial charge in [0.05, 0.1) is 36.1 Å². The highest BCUT2D eigenvalue weighted by Gasteiger charge is 2.48. The number of carbonyl (C=O) groups is 2. The average molecular weight is 501 g/mol. The number of aryl methyl sites for hydroxylation is 2. The average Bonchev–Trinajstić information content (AvgIpc) is 3.42. The van der Waals surface area contributed by atoms with Crippen LogP contribution in [-0.4, -0.2) is 36.0 Å². The Morgan fingerprint density at radius 2 is 1.69 bits per heavy atom. The number of aromatic nitrogens is 1. The molecule has 0 aliphatic carbocycles. The minimum absolute atomic E-state index is 0.00872. The monoisotopic (exact) mass is 500 g/mol. The van der Waals surface area contributed by atoms with Crippen LogP contribution in [0.1, 0.15) is 28.3 Å². The van der Waals surface area contributed by atoms with Gasteiger partial charge in [0.25, 0.3) is 5.78 Å². The van der Waals surface area contributed by atoms with E-state index in [9.17, 15) is 14.7 Å². The van der Waals surface area contributed by atoms with Crippen LogP contribution in [0.4, 0.5) is 5.13 Å². The Bertz CT molecular complexity index is 1540. The first-order valence-corrected chi connectivity index (χ1v) is 12.1. The molecule has 5 rings (SSSR count). The van der Waals surface area contributed by atoms with Gasteiger partial charge in [0, 0.05) is 5.56 Å². The zero-order valence-corrected chi connectivity index (χ0v) is 21.1. The van der Waals surface area contributed by atoms with E-state index in [0.717, 1.165) is 21.3 Å². The second kappa shape index (κ2) is 9.13. The van der Waals surface area contributed by atoms with E-state index >= 15 is 0 Å². The Balaban J connectivity index is 1.73. The van der Waals surface area contributed by atoms with E-state index in [0.29, 0.717) is 27.8 Å². The molecule has 0 bridgehead atoms. The van der Waals surface area contributed by atoms with Crippen molar-refractivity contribution in [2.24, 2.45) is 0 Å². The fourth-order valence-electron chi connectivity index (χ4n) is 4.52. The number of methoxy groups -OCH3 is 2. The summed E-state index contributed by atoms with van der Waals surface area (Å²) in [6.45, 7) is 3.97. The number of hydrogen-bond acceptors (Lipinski definition) is 7. The van der Waals surface area contributed by atoms with Crippen molar-refractivity contribution in [2.45, 2.75) is 19.9 Å². The standard InChI is InChI=1S/C28H24N2O5S/c1-15-12-16(2)23-21(13-15)36-28(29-23)30-24(18-6-5-7-20(14-18)35-4)22(26(32)27(30)33)25(31)17-8-10-19(34-3)11-9-17/h5-14,24,31H,1-4H3/b25-22+/t24-/m1/s1. The molecule has 36 heavy (non-hydrogen) atoms. The Kier molecular flexibility index (Phi) is 5.97. The Labute approximate surface area is 212 Å². The van der Waals surface area contributed by atoms with Crippen LogP contribution >= 0.6 is 11.3 Å². The zero-order valence-electron chi connectivity index (χ0n) is 20.2. The van der Waals surface area contributed by atoms with E-state index in [1.165, 1.54) is 16.2 Å². The number of nitrogens with zero attached hydrogens (tertiary/aromatic N) is 2. The van der Waals surface area contributed by atoms with Crippen LogP contribution in [0.3, 0.4) is 0 Å². The highest BCUT2D eigenvalue weighted by Crippen LogP contribution is 2.45. The first kappa shape index (κ1) is 23.6. The van der Waals surface area contributed by atoms with Crippen LogP contribution in [0.2, 0.25) is 0 Å². The lowest BCUT2D eigenvalue weighted by Gasteiger charge is -2.23. The van der Waals surface area contributed by atoms with Crippen molar-refractivity contribution in [1.29, 1.82) is 0 Å². The lowest BCUT2D eigenvalue weighted by Crippen LogP contribution is -2.29. The predicted molar refractivity (Wildman–Crippen MR) is 140 cm³/mol. The number of amides is 1. The van der Waals surface area contributed by atoms with Gasteiger partial charge in [0.15, 0.2) is 5.13 Å². The molecule has 1 aliphatic heterocycles. The highest BCUT2D eigenvalue weighted by atomic mass is 32.1. The third-order valence-corrected chi connectivity index (χ3v) is 7.24. The van der Waals surface area contributed by atoms with Crippen molar-refractivity contribution >= 4 is 44.1 Å². The summed E-state index contributed by atoms with van der Waals surface area (Å²) in [7, 11) is 3.09. The van der Waals surface area contributed by atoms with Gasteiger partial charge >= 0.3 is 5.91 Å². The predicted octanol–water partition coefficient (Wildman–Crippen LogP) is 5.56. The molecule has 3 aromatic carbocycles. The first-order chi connectivity index (χ1) is 17.3. The smallest absolute Gasteiger partial charge is 0.301 e. The maximum absolute atomic E-state index is 13.5. The molecule has 0 saturated carbocycles. The van der Waals surface area contributed by atoms with E-state index in [1.807, 2.05) is 26.0 Å². The van der Waals surface area contributed by atoms with Crippen molar-refractivity contribution in [3.05, 3.63) is 88.5 Å². The minimum atomic E-state index is -0.885. The Hall–Kier alpha value is -4.17. The van der Waals surface area contributed by atoms with Crippen LogP contribution in [0.25, 0.3) is 16.0 Å². The molecule has 1 aliphatic rings. The number of anilines is 1. The van der Waals surface area contributed by atoms with Crippen molar-refractivity contribution in [3.8, 4) is 11.5 Å². The van der Waals surface area contributed by atoms with Crippen LogP contribution in [-0.2, 0) is 9.59 Å². The van der Waals surface area contributed by atoms with E-state index in [4.69, 9.17) is 14.5 Å². The molecule has 1 N–H and O–H groups in total. The molecule has 1 aromatic heterocycles. The first-order valence-electron chi connectivity index (χ1n) is 11.3. The van der Waals surface area contributed by atoms with Gasteiger partial charge in [-0.15, -0.1) is 0 Å². The van der Waals surface area contributed by atoms with Crippen LogP contribution in [0.5, 0.6) is 11.5 Å². The summed E-state index contributed by atoms with van der Waals surface area (Å²) in [6.07, 6.45) is 0. The summed E-state index contributed by atoms with van der Waals surface area (Å²) in [5, 5.41) is 11.7. The van der Waals surface area contributed by atoms with Gasteiger partial charge in [-0.2, -0.15) is 0 Å². The van der Waals surface area contributed by atoms with Gasteiger partial charge in [0.2, 0.25) is 0 Å². The summed E-state index contributed by atoms with van der Waals surface area (Å²) in [6, 6.07) is 16.9. The van der Waals surface area contributed by atoms with Gasteiger partial charge in [-0.05, 0) is 73.0 Å². The normalized spacial score (nSPS) is 17.1. The fraction of sp³-hybridized carbons (Fsp3) is 0.179. The molecule has 1 atom stereocenters. The largest absolute Gasteiger partial charge is 0.507 e. The maximum Gasteiger partial charge on any atom is 0.301 e. The molecule has 182 valence electrons. The minimum Gasteiger partial charge on any atom is -0.507 e. The maximum atomic E-state index is 13.5. The Morgan fingerprint density at radius 1 is 0.972 bits per heavy atom. The lowest BCUT2D eigenvalue weighted by molar-refractivity contribution is -0.132. The SMILES string of the molecule is COc1ccc(/C(O)=C2\C(=O)C(=O)N(c3nc4c(C)cc(C)cc4s3)[C@@H]2c2cccc(OC)c2)cc1. The Morgan fingerprint density at radius 3 is 2.39 bits per heavy atom. The number of ketones is 1. The van der Waals surface area contributed by atoms with E-state index in [2.05, 4.69) is 0 Å². The molecule has 1 fully saturated rings. The van der Waals surface area contributed by atoms with Crippen molar-refractivity contribution in [2.75, 3.05) is 19.1 Å². The van der Waals surface area contributed by atoms with Gasteiger partial charge in [-0.1, -0.05) is 29.5 Å². The number of aliphatic hydroxyl groups excluding tert-OH is 1. The van der Waals surface area contributed by atoms with E-state index < -0.39 is 17.7 Å². The molecule has 8 heteroatoms. The zero-order chi connectivity index (χ0) is 25.6. The van der Waals surface area contributed by atoms with Crippen molar-refractivity contribution < 1.29 is 24.2 Å². The second-order valence-electron chi connectivity index (χ2n) is 8.60. The molecule has 2 heterocycles. The number of aliphatic hydroxyl groups is 1. The third-order valence-electron chi connectivity index (χ3n) is 6.24. The number of Topliss-reactive ketones (excluding diaryl/α,β-unsaturated/α-hetero) is 1. The van der Waals surface area contributed by atoms with Crippen LogP contribution in [0.15, 0.2) is 66.2 Å².